The van der Waals surface area contributed by atoms with Crippen LogP contribution < -0.4 is 5.32 Å². The number of thioether (sulfide) groups is 2. The molecule has 1 amide bonds. The Kier molecular flexibility index (Phi) is 5.61. The number of hydrogen-bond donors (Lipinski definition) is 1. The second-order valence-electron chi connectivity index (χ2n) is 5.29. The van der Waals surface area contributed by atoms with Crippen LogP contribution in [0.3, 0.4) is 0 Å². The Balaban J connectivity index is 1.50. The first kappa shape index (κ1) is 16.4. The largest absolute Gasteiger partial charge is 0.352 e. The molecule has 1 saturated heterocycles. The van der Waals surface area contributed by atoms with Crippen molar-refractivity contribution in [3.8, 4) is 0 Å². The van der Waals surface area contributed by atoms with E-state index in [4.69, 9.17) is 4.52 Å². The van der Waals surface area contributed by atoms with Crippen molar-refractivity contribution in [1.29, 1.82) is 0 Å². The van der Waals surface area contributed by atoms with Crippen LogP contribution in [0.5, 0.6) is 0 Å². The summed E-state index contributed by atoms with van der Waals surface area (Å²) in [7, 11) is 0. The predicted molar refractivity (Wildman–Crippen MR) is 93.8 cm³/mol. The van der Waals surface area contributed by atoms with Crippen LogP contribution in [0.4, 0.5) is 0 Å². The minimum Gasteiger partial charge on any atom is -0.352 e. The summed E-state index contributed by atoms with van der Waals surface area (Å²) >= 11 is 3.97. The van der Waals surface area contributed by atoms with Crippen LogP contribution in [0.15, 0.2) is 28.8 Å². The van der Waals surface area contributed by atoms with Gasteiger partial charge in [-0.05, 0) is 42.5 Å². The minimum absolute atomic E-state index is 0.0725. The van der Waals surface area contributed by atoms with E-state index in [0.717, 1.165) is 0 Å². The van der Waals surface area contributed by atoms with Gasteiger partial charge in [0.2, 0.25) is 5.89 Å². The highest BCUT2D eigenvalue weighted by Crippen LogP contribution is 2.43. The Morgan fingerprint density at radius 2 is 2.04 bits per heavy atom. The zero-order valence-electron chi connectivity index (χ0n) is 12.9. The molecular weight excluding hydrogens is 330 g/mol. The molecule has 122 valence electrons. The molecule has 0 unspecified atom stereocenters. The van der Waals surface area contributed by atoms with Crippen LogP contribution in [0.2, 0.25) is 0 Å². The summed E-state index contributed by atoms with van der Waals surface area (Å²) in [4.78, 5) is 16.2. The van der Waals surface area contributed by atoms with Crippen molar-refractivity contribution >= 4 is 29.4 Å². The van der Waals surface area contributed by atoms with E-state index in [1.165, 1.54) is 23.5 Å². The molecule has 1 N–H and O–H groups in total. The second-order valence-corrected chi connectivity index (χ2v) is 8.01. The molecule has 1 aliphatic rings. The fraction of sp³-hybridized carbons (Fsp3) is 0.438. The highest BCUT2D eigenvalue weighted by molar-refractivity contribution is 8.16. The topological polar surface area (TPSA) is 68.0 Å². The summed E-state index contributed by atoms with van der Waals surface area (Å²) in [6.07, 6.45) is 1.83. The summed E-state index contributed by atoms with van der Waals surface area (Å²) < 4.78 is 5.52. The van der Waals surface area contributed by atoms with E-state index < -0.39 is 0 Å². The van der Waals surface area contributed by atoms with Gasteiger partial charge in [-0.15, -0.1) is 23.5 Å². The lowest BCUT2D eigenvalue weighted by molar-refractivity contribution is 0.0953. The van der Waals surface area contributed by atoms with Crippen LogP contribution in [0.1, 0.15) is 38.6 Å². The van der Waals surface area contributed by atoms with Crippen LogP contribution in [0.25, 0.3) is 0 Å². The van der Waals surface area contributed by atoms with E-state index in [0.29, 0.717) is 34.8 Å². The maximum Gasteiger partial charge on any atom is 0.251 e. The van der Waals surface area contributed by atoms with Crippen LogP contribution in [-0.2, 0) is 6.42 Å². The number of carbonyl (C=O) groups is 1. The summed E-state index contributed by atoms with van der Waals surface area (Å²) in [5.41, 5.74) is 1.97. The van der Waals surface area contributed by atoms with Gasteiger partial charge in [-0.25, -0.2) is 0 Å². The van der Waals surface area contributed by atoms with Gasteiger partial charge in [0.25, 0.3) is 5.91 Å². The van der Waals surface area contributed by atoms with E-state index in [1.807, 2.05) is 35.7 Å². The number of nitrogens with zero attached hydrogens (tertiary/aromatic N) is 2. The minimum atomic E-state index is -0.0725. The Bertz CT molecular complexity index is 652. The van der Waals surface area contributed by atoms with Crippen molar-refractivity contribution in [2.75, 3.05) is 18.1 Å². The molecule has 0 saturated carbocycles. The van der Waals surface area contributed by atoms with E-state index in [-0.39, 0.29) is 5.91 Å². The van der Waals surface area contributed by atoms with Crippen LogP contribution >= 0.6 is 23.5 Å². The predicted octanol–water partition coefficient (Wildman–Crippen LogP) is 3.22. The third-order valence-electron chi connectivity index (χ3n) is 3.47. The van der Waals surface area contributed by atoms with Crippen LogP contribution in [0, 0.1) is 6.92 Å². The Morgan fingerprint density at radius 3 is 2.70 bits per heavy atom. The molecule has 1 aromatic heterocycles. The Labute approximate surface area is 144 Å². The maximum absolute atomic E-state index is 12.1. The smallest absolute Gasteiger partial charge is 0.251 e. The lowest BCUT2D eigenvalue weighted by Gasteiger charge is -2.21. The molecule has 23 heavy (non-hydrogen) atoms. The summed E-state index contributed by atoms with van der Waals surface area (Å²) in [5, 5.41) is 6.60. The van der Waals surface area contributed by atoms with Crippen molar-refractivity contribution in [2.45, 2.75) is 24.3 Å². The average Bonchev–Trinajstić information content (AvgIpc) is 3.01. The van der Waals surface area contributed by atoms with E-state index >= 15 is 0 Å². The van der Waals surface area contributed by atoms with E-state index in [9.17, 15) is 4.79 Å². The normalized spacial score (nSPS) is 15.5. The molecule has 0 radical (unpaired) electrons. The van der Waals surface area contributed by atoms with Crippen LogP contribution in [-0.4, -0.2) is 34.1 Å². The van der Waals surface area contributed by atoms with Crippen molar-refractivity contribution in [2.24, 2.45) is 0 Å². The molecule has 5 nitrogen and oxygen atoms in total. The molecule has 2 heterocycles. The van der Waals surface area contributed by atoms with Gasteiger partial charge < -0.3 is 9.84 Å². The summed E-state index contributed by atoms with van der Waals surface area (Å²) in [6.45, 7) is 2.26. The van der Waals surface area contributed by atoms with Gasteiger partial charge in [-0.3, -0.25) is 4.79 Å². The van der Waals surface area contributed by atoms with Gasteiger partial charge in [0.05, 0.1) is 4.58 Å². The summed E-state index contributed by atoms with van der Waals surface area (Å²) in [5.74, 6) is 3.52. The standard InChI is InChI=1S/C16H19N3O2S2/c1-11-18-14(21-19-11)7-8-17-15(20)12-3-5-13(6-4-12)16-22-9-2-10-23-16/h3-6,16H,2,7-10H2,1H3,(H,17,20). The zero-order chi connectivity index (χ0) is 16.1. The molecule has 2 aromatic rings. The van der Waals surface area contributed by atoms with Crippen molar-refractivity contribution in [3.63, 3.8) is 0 Å². The number of rotatable bonds is 5. The van der Waals surface area contributed by atoms with Gasteiger partial charge >= 0.3 is 0 Å². The molecule has 0 spiro atoms. The van der Waals surface area contributed by atoms with Gasteiger partial charge in [0, 0.05) is 18.5 Å². The number of aryl methyl sites for hydroxylation is 1. The monoisotopic (exact) mass is 349 g/mol. The third-order valence-corrected chi connectivity index (χ3v) is 6.48. The number of benzene rings is 1. The molecule has 1 aromatic carbocycles. The maximum atomic E-state index is 12.1. The van der Waals surface area contributed by atoms with Crippen molar-refractivity contribution < 1.29 is 9.32 Å². The molecule has 7 heteroatoms. The second kappa shape index (κ2) is 7.88. The number of carbonyl (C=O) groups excluding carboxylic acids is 1. The zero-order valence-corrected chi connectivity index (χ0v) is 14.6. The highest BCUT2D eigenvalue weighted by atomic mass is 32.2. The van der Waals surface area contributed by atoms with E-state index in [2.05, 4.69) is 27.6 Å². The fourth-order valence-electron chi connectivity index (χ4n) is 2.30. The first-order chi connectivity index (χ1) is 11.2. The van der Waals surface area contributed by atoms with Gasteiger partial charge in [-0.1, -0.05) is 17.3 Å². The van der Waals surface area contributed by atoms with Crippen molar-refractivity contribution in [3.05, 3.63) is 47.1 Å². The van der Waals surface area contributed by atoms with Gasteiger partial charge in [0.15, 0.2) is 5.82 Å². The SMILES string of the molecule is Cc1noc(CCNC(=O)c2ccc(C3SCCCS3)cc2)n1. The third kappa shape index (κ3) is 4.51. The average molecular weight is 349 g/mol. The Hall–Kier alpha value is -1.47. The first-order valence-electron chi connectivity index (χ1n) is 7.63. The molecule has 1 aliphatic heterocycles. The number of aromatic nitrogens is 2. The number of amides is 1. The fourth-order valence-corrected chi connectivity index (χ4v) is 5.19. The Morgan fingerprint density at radius 1 is 1.30 bits per heavy atom. The lowest BCUT2D eigenvalue weighted by Crippen LogP contribution is -2.25. The molecule has 0 aliphatic carbocycles. The molecular formula is C16H19N3O2S2. The van der Waals surface area contributed by atoms with E-state index in [1.54, 1.807) is 6.92 Å². The summed E-state index contributed by atoms with van der Waals surface area (Å²) in [6, 6.07) is 7.92. The highest BCUT2D eigenvalue weighted by Gasteiger charge is 2.17. The lowest BCUT2D eigenvalue weighted by atomic mass is 10.1. The van der Waals surface area contributed by atoms with Crippen molar-refractivity contribution in [1.82, 2.24) is 15.5 Å². The quantitative estimate of drug-likeness (QED) is 0.894. The molecule has 0 atom stereocenters. The molecule has 0 bridgehead atoms. The number of hydrogen-bond acceptors (Lipinski definition) is 6. The number of nitrogens with one attached hydrogen (secondary N) is 1. The van der Waals surface area contributed by atoms with Gasteiger partial charge in [0.1, 0.15) is 0 Å². The molecule has 3 rings (SSSR count). The first-order valence-corrected chi connectivity index (χ1v) is 9.73. The molecule has 1 fully saturated rings. The van der Waals surface area contributed by atoms with Gasteiger partial charge in [-0.2, -0.15) is 4.98 Å².